The number of H-pyrrole nitrogens is 1. The topological polar surface area (TPSA) is 118 Å². The number of aromatic nitrogens is 4. The maximum atomic E-state index is 14.1. The van der Waals surface area contributed by atoms with Crippen LogP contribution in [0.25, 0.3) is 10.9 Å². The summed E-state index contributed by atoms with van der Waals surface area (Å²) in [6.45, 7) is 5.39. The van der Waals surface area contributed by atoms with Crippen molar-refractivity contribution >= 4 is 28.3 Å². The molecule has 0 bridgehead atoms. The SMILES string of the molecule is Cc1cc2[nH]ncc2c(N2CCc3c(nc(OCC4CC(F)(F)CN4C)nc3N3CCN(C(=O)/C=C/CF)C(CC#N)C3)C2)c1C. The van der Waals surface area contributed by atoms with Crippen LogP contribution in [0.2, 0.25) is 0 Å². The Morgan fingerprint density at radius 1 is 1.22 bits per heavy atom. The number of piperazine rings is 1. The number of aryl methyl sites for hydroxylation is 1. The van der Waals surface area contributed by atoms with Gasteiger partial charge in [0.05, 0.1) is 54.7 Å². The third-order valence-electron chi connectivity index (χ3n) is 9.36. The van der Waals surface area contributed by atoms with Crippen molar-refractivity contribution in [2.24, 2.45) is 0 Å². The second kappa shape index (κ2) is 12.8. The van der Waals surface area contributed by atoms with Crippen molar-refractivity contribution in [2.45, 2.75) is 57.7 Å². The number of likely N-dealkylation sites (N-methyl/N-ethyl adjacent to an activating group) is 1. The molecule has 0 aliphatic carbocycles. The Morgan fingerprint density at radius 2 is 2.04 bits per heavy atom. The zero-order chi connectivity index (χ0) is 32.6. The number of aromatic amines is 1. The second-order valence-corrected chi connectivity index (χ2v) is 12.4. The molecule has 244 valence electrons. The third-order valence-corrected chi connectivity index (χ3v) is 9.36. The van der Waals surface area contributed by atoms with E-state index in [1.807, 2.05) is 6.20 Å². The molecule has 6 rings (SSSR count). The van der Waals surface area contributed by atoms with Crippen molar-refractivity contribution in [2.75, 3.05) is 62.9 Å². The van der Waals surface area contributed by atoms with Crippen LogP contribution in [-0.2, 0) is 17.8 Å². The van der Waals surface area contributed by atoms with Crippen molar-refractivity contribution in [3.8, 4) is 12.1 Å². The van der Waals surface area contributed by atoms with Crippen LogP contribution in [0.3, 0.4) is 0 Å². The first-order valence-electron chi connectivity index (χ1n) is 15.5. The van der Waals surface area contributed by atoms with Gasteiger partial charge in [0.1, 0.15) is 19.1 Å². The average molecular weight is 638 g/mol. The molecule has 11 nitrogen and oxygen atoms in total. The molecular formula is C32H38F3N9O2. The molecule has 1 aromatic carbocycles. The molecule has 0 radical (unpaired) electrons. The van der Waals surface area contributed by atoms with Crippen molar-refractivity contribution in [1.82, 2.24) is 30.0 Å². The van der Waals surface area contributed by atoms with Crippen LogP contribution in [0.15, 0.2) is 24.4 Å². The molecule has 2 unspecified atom stereocenters. The standard InChI is InChI=1S/C32H38F3N9O2/c1-20-13-26-25(15-37-40-26)29(21(20)2)42-10-7-24-27(17-42)38-31(46-18-23-14-32(34,35)19-41(23)3)39-30(24)43-11-12-44(22(16-43)6-9-36)28(45)5-4-8-33/h4-5,13,15,22-23H,6-8,10-12,14,16-19H2,1-3H3,(H,37,40)/b5-4+. The van der Waals surface area contributed by atoms with Crippen LogP contribution in [0, 0.1) is 25.2 Å². The van der Waals surface area contributed by atoms with E-state index in [9.17, 15) is 23.2 Å². The van der Waals surface area contributed by atoms with Crippen molar-refractivity contribution in [3.63, 3.8) is 0 Å². The number of hydrogen-bond donors (Lipinski definition) is 1. The maximum absolute atomic E-state index is 14.1. The van der Waals surface area contributed by atoms with Crippen molar-refractivity contribution < 1.29 is 22.7 Å². The van der Waals surface area contributed by atoms with Crippen LogP contribution < -0.4 is 14.5 Å². The predicted molar refractivity (Wildman–Crippen MR) is 167 cm³/mol. The fourth-order valence-electron chi connectivity index (χ4n) is 6.90. The Hall–Kier alpha value is -4.38. The summed E-state index contributed by atoms with van der Waals surface area (Å²) in [6.07, 6.45) is 4.65. The highest BCUT2D eigenvalue weighted by atomic mass is 19.3. The molecule has 1 amide bonds. The van der Waals surface area contributed by atoms with Crippen LogP contribution in [0.1, 0.15) is 35.2 Å². The number of amides is 1. The Balaban J connectivity index is 1.33. The van der Waals surface area contributed by atoms with Gasteiger partial charge in [0.15, 0.2) is 0 Å². The normalized spacial score (nSPS) is 21.6. The molecule has 3 aromatic rings. The summed E-state index contributed by atoms with van der Waals surface area (Å²) in [7, 11) is 1.66. The minimum Gasteiger partial charge on any atom is -0.462 e. The minimum absolute atomic E-state index is 0.0148. The van der Waals surface area contributed by atoms with Crippen LogP contribution >= 0.6 is 0 Å². The first-order chi connectivity index (χ1) is 22.1. The number of ether oxygens (including phenoxy) is 1. The second-order valence-electron chi connectivity index (χ2n) is 12.4. The maximum Gasteiger partial charge on any atom is 0.318 e. The predicted octanol–water partition coefficient (Wildman–Crippen LogP) is 3.71. The van der Waals surface area contributed by atoms with E-state index in [4.69, 9.17) is 14.7 Å². The minimum atomic E-state index is -2.78. The van der Waals surface area contributed by atoms with Crippen LogP contribution in [0.4, 0.5) is 24.7 Å². The molecule has 3 aliphatic heterocycles. The quantitative estimate of drug-likeness (QED) is 0.369. The molecular weight excluding hydrogens is 599 g/mol. The number of carbonyl (C=O) groups is 1. The van der Waals surface area contributed by atoms with Gasteiger partial charge >= 0.3 is 6.01 Å². The summed E-state index contributed by atoms with van der Waals surface area (Å²) < 4.78 is 46.9. The number of fused-ring (bicyclic) bond motifs is 2. The highest BCUT2D eigenvalue weighted by Crippen LogP contribution is 2.38. The van der Waals surface area contributed by atoms with Gasteiger partial charge in [-0.05, 0) is 50.6 Å². The number of hydrogen-bond acceptors (Lipinski definition) is 9. The molecule has 2 fully saturated rings. The molecule has 2 saturated heterocycles. The third kappa shape index (κ3) is 6.20. The largest absolute Gasteiger partial charge is 0.462 e. The van der Waals surface area contributed by atoms with Gasteiger partial charge < -0.3 is 19.4 Å². The lowest BCUT2D eigenvalue weighted by Gasteiger charge is -2.42. The van der Waals surface area contributed by atoms with Gasteiger partial charge in [-0.25, -0.2) is 13.2 Å². The van der Waals surface area contributed by atoms with E-state index in [2.05, 4.69) is 46.0 Å². The van der Waals surface area contributed by atoms with E-state index in [-0.39, 0.29) is 37.9 Å². The number of nitrogens with zero attached hydrogens (tertiary/aromatic N) is 8. The van der Waals surface area contributed by atoms with E-state index in [1.54, 1.807) is 16.8 Å². The molecule has 2 atom stereocenters. The van der Waals surface area contributed by atoms with Gasteiger partial charge in [-0.2, -0.15) is 20.3 Å². The fraction of sp³-hybridized carbons (Fsp3) is 0.531. The number of nitriles is 1. The van der Waals surface area contributed by atoms with Gasteiger partial charge in [0, 0.05) is 55.7 Å². The number of halogens is 3. The summed E-state index contributed by atoms with van der Waals surface area (Å²) >= 11 is 0. The van der Waals surface area contributed by atoms with Crippen molar-refractivity contribution in [1.29, 1.82) is 5.26 Å². The van der Waals surface area contributed by atoms with E-state index >= 15 is 0 Å². The monoisotopic (exact) mass is 637 g/mol. The first-order valence-corrected chi connectivity index (χ1v) is 15.5. The molecule has 3 aliphatic rings. The Labute approximate surface area is 265 Å². The molecule has 14 heteroatoms. The number of allylic oxidation sites excluding steroid dienone is 1. The van der Waals surface area contributed by atoms with Gasteiger partial charge in [0.2, 0.25) is 5.91 Å². The molecule has 5 heterocycles. The summed E-state index contributed by atoms with van der Waals surface area (Å²) in [5.41, 5.74) is 6.04. The summed E-state index contributed by atoms with van der Waals surface area (Å²) in [4.78, 5) is 30.0. The number of alkyl halides is 3. The fourth-order valence-corrected chi connectivity index (χ4v) is 6.90. The van der Waals surface area contributed by atoms with Gasteiger partial charge in [0.25, 0.3) is 5.92 Å². The lowest BCUT2D eigenvalue weighted by molar-refractivity contribution is -0.128. The smallest absolute Gasteiger partial charge is 0.318 e. The lowest BCUT2D eigenvalue weighted by Crippen LogP contribution is -2.55. The number of anilines is 2. The van der Waals surface area contributed by atoms with E-state index in [0.29, 0.717) is 45.0 Å². The van der Waals surface area contributed by atoms with E-state index < -0.39 is 24.7 Å². The highest BCUT2D eigenvalue weighted by Gasteiger charge is 2.43. The first kappa shape index (κ1) is 31.6. The number of carbonyl (C=O) groups excluding carboxylic acids is 1. The lowest BCUT2D eigenvalue weighted by atomic mass is 9.99. The number of rotatable bonds is 8. The molecule has 2 aromatic heterocycles. The van der Waals surface area contributed by atoms with E-state index in [1.165, 1.54) is 12.2 Å². The van der Waals surface area contributed by atoms with Gasteiger partial charge in [-0.1, -0.05) is 0 Å². The highest BCUT2D eigenvalue weighted by molar-refractivity contribution is 5.94. The van der Waals surface area contributed by atoms with Crippen LogP contribution in [0.5, 0.6) is 6.01 Å². The number of nitrogens with one attached hydrogen (secondary N) is 1. The average Bonchev–Trinajstić information content (AvgIpc) is 3.60. The number of benzene rings is 1. The van der Waals surface area contributed by atoms with Crippen molar-refractivity contribution in [3.05, 3.63) is 46.8 Å². The molecule has 46 heavy (non-hydrogen) atoms. The zero-order valence-electron chi connectivity index (χ0n) is 26.3. The summed E-state index contributed by atoms with van der Waals surface area (Å²) in [5.74, 6) is -2.45. The molecule has 0 saturated carbocycles. The number of likely N-dealkylation sites (tertiary alicyclic amines) is 1. The summed E-state index contributed by atoms with van der Waals surface area (Å²) in [6, 6.07) is 3.46. The molecule has 1 N–H and O–H groups in total. The van der Waals surface area contributed by atoms with Gasteiger partial charge in [-0.15, -0.1) is 0 Å². The zero-order valence-corrected chi connectivity index (χ0v) is 26.3. The summed E-state index contributed by atoms with van der Waals surface area (Å²) in [5, 5.41) is 17.9. The Morgan fingerprint density at radius 3 is 2.78 bits per heavy atom. The van der Waals surface area contributed by atoms with Crippen LogP contribution in [-0.4, -0.2) is 107 Å². The van der Waals surface area contributed by atoms with Gasteiger partial charge in [-0.3, -0.25) is 14.8 Å². The van der Waals surface area contributed by atoms with E-state index in [0.717, 1.165) is 39.0 Å². The Bertz CT molecular complexity index is 1690. The Kier molecular flexibility index (Phi) is 8.78. The molecule has 0 spiro atoms.